The molecule has 4 rings (SSSR count). The van der Waals surface area contributed by atoms with Gasteiger partial charge in [-0.2, -0.15) is 0 Å². The van der Waals surface area contributed by atoms with Gasteiger partial charge in [0.05, 0.1) is 16.5 Å². The molecule has 4 aromatic rings. The van der Waals surface area contributed by atoms with Crippen molar-refractivity contribution in [1.82, 2.24) is 24.5 Å². The highest BCUT2D eigenvalue weighted by atomic mass is 35.5. The summed E-state index contributed by atoms with van der Waals surface area (Å²) in [6.07, 6.45) is 7.16. The number of nitrogens with one attached hydrogen (secondary N) is 1. The summed E-state index contributed by atoms with van der Waals surface area (Å²) in [4.78, 5) is 16.5. The van der Waals surface area contributed by atoms with Gasteiger partial charge in [0.2, 0.25) is 11.1 Å². The third-order valence-electron chi connectivity index (χ3n) is 3.89. The van der Waals surface area contributed by atoms with Gasteiger partial charge in [-0.3, -0.25) is 14.5 Å². The zero-order chi connectivity index (χ0) is 20.2. The molecule has 0 aliphatic heterocycles. The lowest BCUT2D eigenvalue weighted by atomic mass is 10.3. The van der Waals surface area contributed by atoms with Gasteiger partial charge in [-0.25, -0.2) is 4.68 Å². The molecule has 0 unspecified atom stereocenters. The first-order chi connectivity index (χ1) is 14.1. The van der Waals surface area contributed by atoms with E-state index in [0.29, 0.717) is 26.7 Å². The predicted octanol–water partition coefficient (Wildman–Crippen LogP) is 4.49. The number of rotatable bonds is 6. The standard InChI is InChI=1S/C19H14Cl2N6OS/c20-14-5-6-16(15(21)10-14)23-17(28)12-29-19-25-24-18(13-4-3-7-22-11-13)27(19)26-8-1-2-9-26/h1-11H,12H2,(H,23,28). The maximum atomic E-state index is 12.4. The fourth-order valence-corrected chi connectivity index (χ4v) is 3.79. The van der Waals surface area contributed by atoms with Crippen molar-refractivity contribution in [3.63, 3.8) is 0 Å². The molecule has 0 fully saturated rings. The average Bonchev–Trinajstić information content (AvgIpc) is 3.38. The number of carbonyl (C=O) groups is 1. The second-order valence-corrected chi connectivity index (χ2v) is 7.67. The van der Waals surface area contributed by atoms with Crippen LogP contribution in [0.3, 0.4) is 0 Å². The molecular formula is C19H14Cl2N6OS. The summed E-state index contributed by atoms with van der Waals surface area (Å²) in [6, 6.07) is 12.4. The van der Waals surface area contributed by atoms with Gasteiger partial charge in [-0.05, 0) is 42.5 Å². The molecule has 0 aliphatic rings. The van der Waals surface area contributed by atoms with E-state index in [1.165, 1.54) is 11.8 Å². The van der Waals surface area contributed by atoms with Gasteiger partial charge in [0.1, 0.15) is 0 Å². The van der Waals surface area contributed by atoms with E-state index in [-0.39, 0.29) is 11.7 Å². The fourth-order valence-electron chi connectivity index (χ4n) is 2.60. The average molecular weight is 445 g/mol. The minimum atomic E-state index is -0.218. The highest BCUT2D eigenvalue weighted by Gasteiger charge is 2.17. The Labute approximate surface area is 180 Å². The van der Waals surface area contributed by atoms with Crippen molar-refractivity contribution < 1.29 is 4.79 Å². The third-order valence-corrected chi connectivity index (χ3v) is 5.36. The van der Waals surface area contributed by atoms with Crippen LogP contribution in [0, 0.1) is 0 Å². The van der Waals surface area contributed by atoms with Crippen LogP contribution in [0.15, 0.2) is 72.4 Å². The Bertz CT molecular complexity index is 1130. The number of thioether (sulfide) groups is 1. The Balaban J connectivity index is 1.54. The van der Waals surface area contributed by atoms with Crippen LogP contribution in [0.1, 0.15) is 0 Å². The van der Waals surface area contributed by atoms with Crippen molar-refractivity contribution in [3.05, 3.63) is 77.3 Å². The smallest absolute Gasteiger partial charge is 0.234 e. The number of nitrogens with zero attached hydrogens (tertiary/aromatic N) is 5. The van der Waals surface area contributed by atoms with Gasteiger partial charge in [-0.1, -0.05) is 35.0 Å². The number of halogens is 2. The van der Waals surface area contributed by atoms with Gasteiger partial charge in [0.15, 0.2) is 5.82 Å². The number of hydrogen-bond acceptors (Lipinski definition) is 5. The van der Waals surface area contributed by atoms with Crippen molar-refractivity contribution in [3.8, 4) is 11.4 Å². The quantitative estimate of drug-likeness (QED) is 0.443. The molecule has 1 N–H and O–H groups in total. The summed E-state index contributed by atoms with van der Waals surface area (Å²) in [5.41, 5.74) is 1.32. The monoisotopic (exact) mass is 444 g/mol. The zero-order valence-electron chi connectivity index (χ0n) is 14.9. The molecule has 0 saturated carbocycles. The van der Waals surface area contributed by atoms with Crippen LogP contribution in [-0.4, -0.2) is 36.2 Å². The first-order valence-corrected chi connectivity index (χ1v) is 10.2. The van der Waals surface area contributed by atoms with E-state index < -0.39 is 0 Å². The van der Waals surface area contributed by atoms with Gasteiger partial charge in [-0.15, -0.1) is 10.2 Å². The molecule has 3 aromatic heterocycles. The van der Waals surface area contributed by atoms with Crippen LogP contribution in [0.5, 0.6) is 0 Å². The molecule has 29 heavy (non-hydrogen) atoms. The van der Waals surface area contributed by atoms with Gasteiger partial charge >= 0.3 is 0 Å². The van der Waals surface area contributed by atoms with Crippen LogP contribution in [0.25, 0.3) is 11.4 Å². The van der Waals surface area contributed by atoms with E-state index in [4.69, 9.17) is 23.2 Å². The summed E-state index contributed by atoms with van der Waals surface area (Å²) >= 11 is 13.3. The van der Waals surface area contributed by atoms with E-state index in [1.54, 1.807) is 30.6 Å². The molecule has 0 atom stereocenters. The Morgan fingerprint density at radius 1 is 1.10 bits per heavy atom. The summed E-state index contributed by atoms with van der Waals surface area (Å²) in [5.74, 6) is 0.535. The number of carbonyl (C=O) groups excluding carboxylic acids is 1. The van der Waals surface area contributed by atoms with Crippen molar-refractivity contribution in [2.75, 3.05) is 11.1 Å². The zero-order valence-corrected chi connectivity index (χ0v) is 17.2. The molecule has 10 heteroatoms. The number of anilines is 1. The molecule has 0 saturated heterocycles. The molecule has 0 bridgehead atoms. The van der Waals surface area contributed by atoms with E-state index in [0.717, 1.165) is 5.56 Å². The minimum Gasteiger partial charge on any atom is -0.324 e. The van der Waals surface area contributed by atoms with E-state index >= 15 is 0 Å². The molecule has 0 spiro atoms. The number of amides is 1. The Hall–Kier alpha value is -2.81. The largest absolute Gasteiger partial charge is 0.324 e. The Morgan fingerprint density at radius 3 is 2.66 bits per heavy atom. The first-order valence-electron chi connectivity index (χ1n) is 8.49. The second-order valence-electron chi connectivity index (χ2n) is 5.88. The normalized spacial score (nSPS) is 10.8. The molecule has 1 amide bonds. The lowest BCUT2D eigenvalue weighted by Gasteiger charge is -2.11. The molecular weight excluding hydrogens is 431 g/mol. The summed E-state index contributed by atoms with van der Waals surface area (Å²) in [6.45, 7) is 0. The number of pyridine rings is 1. The van der Waals surface area contributed by atoms with Crippen LogP contribution in [0.4, 0.5) is 5.69 Å². The van der Waals surface area contributed by atoms with E-state index in [2.05, 4.69) is 20.5 Å². The number of hydrogen-bond donors (Lipinski definition) is 1. The van der Waals surface area contributed by atoms with E-state index in [9.17, 15) is 4.79 Å². The molecule has 146 valence electrons. The molecule has 0 aliphatic carbocycles. The van der Waals surface area contributed by atoms with Crippen LogP contribution in [-0.2, 0) is 4.79 Å². The van der Waals surface area contributed by atoms with Crippen LogP contribution < -0.4 is 5.32 Å². The Morgan fingerprint density at radius 2 is 1.93 bits per heavy atom. The van der Waals surface area contributed by atoms with Gasteiger partial charge < -0.3 is 5.32 Å². The molecule has 0 radical (unpaired) electrons. The lowest BCUT2D eigenvalue weighted by molar-refractivity contribution is -0.113. The second kappa shape index (κ2) is 8.69. The first kappa shape index (κ1) is 19.5. The summed E-state index contributed by atoms with van der Waals surface area (Å²) < 4.78 is 3.67. The summed E-state index contributed by atoms with van der Waals surface area (Å²) in [5, 5.41) is 12.8. The summed E-state index contributed by atoms with van der Waals surface area (Å²) in [7, 11) is 0. The SMILES string of the molecule is O=C(CSc1nnc(-c2cccnc2)n1-n1cccc1)Nc1ccc(Cl)cc1Cl. The maximum absolute atomic E-state index is 12.4. The van der Waals surface area contributed by atoms with E-state index in [1.807, 2.05) is 46.0 Å². The molecule has 3 heterocycles. The topological polar surface area (TPSA) is 77.6 Å². The van der Waals surface area contributed by atoms with Crippen LogP contribution in [0.2, 0.25) is 10.0 Å². The highest BCUT2D eigenvalue weighted by molar-refractivity contribution is 7.99. The van der Waals surface area contributed by atoms with Crippen molar-refractivity contribution in [1.29, 1.82) is 0 Å². The van der Waals surface area contributed by atoms with Gasteiger partial charge in [0.25, 0.3) is 0 Å². The van der Waals surface area contributed by atoms with Gasteiger partial charge in [0, 0.05) is 35.4 Å². The predicted molar refractivity (Wildman–Crippen MR) is 114 cm³/mol. The highest BCUT2D eigenvalue weighted by Crippen LogP contribution is 2.27. The van der Waals surface area contributed by atoms with Crippen molar-refractivity contribution >= 4 is 46.6 Å². The minimum absolute atomic E-state index is 0.130. The Kier molecular flexibility index (Phi) is 5.84. The fraction of sp³-hybridized carbons (Fsp3) is 0.0526. The number of benzene rings is 1. The lowest BCUT2D eigenvalue weighted by Crippen LogP contribution is -2.16. The molecule has 1 aromatic carbocycles. The number of aromatic nitrogens is 5. The maximum Gasteiger partial charge on any atom is 0.234 e. The molecule has 7 nitrogen and oxygen atoms in total. The van der Waals surface area contributed by atoms with Crippen LogP contribution >= 0.6 is 35.0 Å². The van der Waals surface area contributed by atoms with Crippen molar-refractivity contribution in [2.45, 2.75) is 5.16 Å². The van der Waals surface area contributed by atoms with Crippen molar-refractivity contribution in [2.24, 2.45) is 0 Å². The third kappa shape index (κ3) is 4.45.